The standard InChI is InChI=1S/C25H34N2O4/c1-5-23(28)27(18-20-12-14-22(30-4)15-13-20)24(21-10-7-6-8-11-21)25(29)26-16-9-17-31-19(2)3/h6-8,10-15,19,24H,5,9,16-18H2,1-4H3,(H,26,29)/t24-/m1/s1. The van der Waals surface area contributed by atoms with Crippen molar-refractivity contribution in [3.8, 4) is 5.75 Å². The van der Waals surface area contributed by atoms with Crippen molar-refractivity contribution in [1.29, 1.82) is 0 Å². The largest absolute Gasteiger partial charge is 0.497 e. The summed E-state index contributed by atoms with van der Waals surface area (Å²) in [4.78, 5) is 27.8. The third kappa shape index (κ3) is 7.72. The van der Waals surface area contributed by atoms with Gasteiger partial charge in [-0.15, -0.1) is 0 Å². The summed E-state index contributed by atoms with van der Waals surface area (Å²) in [5, 5.41) is 2.99. The predicted molar refractivity (Wildman–Crippen MR) is 122 cm³/mol. The molecule has 2 amide bonds. The first kappa shape index (κ1) is 24.4. The van der Waals surface area contributed by atoms with Crippen LogP contribution in [-0.4, -0.2) is 43.1 Å². The van der Waals surface area contributed by atoms with Gasteiger partial charge in [-0.2, -0.15) is 0 Å². The van der Waals surface area contributed by atoms with E-state index in [1.165, 1.54) is 0 Å². The summed E-state index contributed by atoms with van der Waals surface area (Å²) in [5.74, 6) is 0.479. The van der Waals surface area contributed by atoms with E-state index in [-0.39, 0.29) is 17.9 Å². The van der Waals surface area contributed by atoms with Gasteiger partial charge in [0.1, 0.15) is 11.8 Å². The highest BCUT2D eigenvalue weighted by Crippen LogP contribution is 2.25. The van der Waals surface area contributed by atoms with E-state index in [1.807, 2.05) is 75.4 Å². The second kappa shape index (κ2) is 12.7. The van der Waals surface area contributed by atoms with Gasteiger partial charge in [0, 0.05) is 26.1 Å². The van der Waals surface area contributed by atoms with Crippen molar-refractivity contribution < 1.29 is 19.1 Å². The maximum absolute atomic E-state index is 13.2. The zero-order valence-corrected chi connectivity index (χ0v) is 19.0. The summed E-state index contributed by atoms with van der Waals surface area (Å²) in [6.45, 7) is 7.19. The lowest BCUT2D eigenvalue weighted by atomic mass is 10.0. The number of nitrogens with zero attached hydrogens (tertiary/aromatic N) is 1. The first-order chi connectivity index (χ1) is 15.0. The van der Waals surface area contributed by atoms with Gasteiger partial charge in [-0.05, 0) is 43.5 Å². The molecule has 2 aromatic carbocycles. The summed E-state index contributed by atoms with van der Waals surface area (Å²) in [6.07, 6.45) is 1.19. The van der Waals surface area contributed by atoms with Gasteiger partial charge in [0.2, 0.25) is 11.8 Å². The van der Waals surface area contributed by atoms with Crippen LogP contribution in [0.1, 0.15) is 50.8 Å². The van der Waals surface area contributed by atoms with Crippen molar-refractivity contribution in [2.24, 2.45) is 0 Å². The Morgan fingerprint density at radius 3 is 2.29 bits per heavy atom. The van der Waals surface area contributed by atoms with E-state index in [4.69, 9.17) is 9.47 Å². The predicted octanol–water partition coefficient (Wildman–Crippen LogP) is 4.11. The molecule has 168 valence electrons. The van der Waals surface area contributed by atoms with Gasteiger partial charge >= 0.3 is 0 Å². The van der Waals surface area contributed by atoms with Gasteiger partial charge in [-0.1, -0.05) is 49.4 Å². The molecule has 1 atom stereocenters. The van der Waals surface area contributed by atoms with Crippen LogP contribution < -0.4 is 10.1 Å². The lowest BCUT2D eigenvalue weighted by Gasteiger charge is -2.31. The minimum atomic E-state index is -0.707. The maximum Gasteiger partial charge on any atom is 0.247 e. The van der Waals surface area contributed by atoms with Crippen molar-refractivity contribution in [1.82, 2.24) is 10.2 Å². The van der Waals surface area contributed by atoms with E-state index in [0.29, 0.717) is 32.5 Å². The molecule has 0 aliphatic carbocycles. The molecule has 0 spiro atoms. The van der Waals surface area contributed by atoms with Crippen molar-refractivity contribution in [3.63, 3.8) is 0 Å². The minimum Gasteiger partial charge on any atom is -0.497 e. The number of benzene rings is 2. The Bertz CT molecular complexity index is 806. The molecule has 0 heterocycles. The highest BCUT2D eigenvalue weighted by Gasteiger charge is 2.30. The van der Waals surface area contributed by atoms with Gasteiger partial charge in [-0.25, -0.2) is 0 Å². The SMILES string of the molecule is CCC(=O)N(Cc1ccc(OC)cc1)[C@@H](C(=O)NCCCOC(C)C)c1ccccc1. The summed E-state index contributed by atoms with van der Waals surface area (Å²) in [5.41, 5.74) is 1.72. The van der Waals surface area contributed by atoms with E-state index in [2.05, 4.69) is 5.32 Å². The molecule has 0 aromatic heterocycles. The summed E-state index contributed by atoms with van der Waals surface area (Å²) in [7, 11) is 1.61. The Hall–Kier alpha value is -2.86. The van der Waals surface area contributed by atoms with Crippen LogP contribution in [0.15, 0.2) is 54.6 Å². The van der Waals surface area contributed by atoms with Crippen LogP contribution in [0.2, 0.25) is 0 Å². The Morgan fingerprint density at radius 1 is 1.03 bits per heavy atom. The van der Waals surface area contributed by atoms with Crippen molar-refractivity contribution >= 4 is 11.8 Å². The Balaban J connectivity index is 2.22. The monoisotopic (exact) mass is 426 g/mol. The lowest BCUT2D eigenvalue weighted by molar-refractivity contribution is -0.141. The number of carbonyl (C=O) groups excluding carboxylic acids is 2. The van der Waals surface area contributed by atoms with Crippen LogP contribution in [0.5, 0.6) is 5.75 Å². The molecule has 0 saturated heterocycles. The number of hydrogen-bond acceptors (Lipinski definition) is 4. The molecule has 0 bridgehead atoms. The summed E-state index contributed by atoms with van der Waals surface area (Å²) >= 11 is 0. The van der Waals surface area contributed by atoms with Crippen LogP contribution in [0, 0.1) is 0 Å². The smallest absolute Gasteiger partial charge is 0.247 e. The van der Waals surface area contributed by atoms with E-state index in [1.54, 1.807) is 12.0 Å². The molecule has 0 unspecified atom stereocenters. The Morgan fingerprint density at radius 2 is 1.71 bits per heavy atom. The molecule has 2 rings (SSSR count). The minimum absolute atomic E-state index is 0.0806. The normalized spacial score (nSPS) is 11.8. The quantitative estimate of drug-likeness (QED) is 0.519. The van der Waals surface area contributed by atoms with E-state index >= 15 is 0 Å². The van der Waals surface area contributed by atoms with E-state index < -0.39 is 6.04 Å². The topological polar surface area (TPSA) is 67.9 Å². The van der Waals surface area contributed by atoms with Crippen LogP contribution in [-0.2, 0) is 20.9 Å². The fourth-order valence-corrected chi connectivity index (χ4v) is 3.26. The lowest BCUT2D eigenvalue weighted by Crippen LogP contribution is -2.43. The van der Waals surface area contributed by atoms with Crippen LogP contribution in [0.3, 0.4) is 0 Å². The average molecular weight is 427 g/mol. The number of methoxy groups -OCH3 is 1. The number of hydrogen-bond donors (Lipinski definition) is 1. The highest BCUT2D eigenvalue weighted by atomic mass is 16.5. The highest BCUT2D eigenvalue weighted by molar-refractivity contribution is 5.88. The average Bonchev–Trinajstić information content (AvgIpc) is 2.78. The number of carbonyl (C=O) groups is 2. The molecule has 0 fully saturated rings. The molecule has 0 radical (unpaired) electrons. The van der Waals surface area contributed by atoms with Gasteiger partial charge in [0.25, 0.3) is 0 Å². The number of nitrogens with one attached hydrogen (secondary N) is 1. The molecular formula is C25H34N2O4. The fraction of sp³-hybridized carbons (Fsp3) is 0.440. The summed E-state index contributed by atoms with van der Waals surface area (Å²) < 4.78 is 10.8. The molecule has 1 N–H and O–H groups in total. The van der Waals surface area contributed by atoms with Gasteiger partial charge < -0.3 is 19.7 Å². The first-order valence-corrected chi connectivity index (χ1v) is 10.8. The number of amides is 2. The second-order valence-corrected chi connectivity index (χ2v) is 7.60. The van der Waals surface area contributed by atoms with E-state index in [9.17, 15) is 9.59 Å². The molecule has 6 heteroatoms. The molecule has 0 aliphatic rings. The number of rotatable bonds is 12. The Labute approximate surface area is 185 Å². The van der Waals surface area contributed by atoms with Crippen LogP contribution in [0.4, 0.5) is 0 Å². The zero-order valence-electron chi connectivity index (χ0n) is 19.0. The molecular weight excluding hydrogens is 392 g/mol. The zero-order chi connectivity index (χ0) is 22.6. The van der Waals surface area contributed by atoms with Crippen molar-refractivity contribution in [2.75, 3.05) is 20.3 Å². The number of ether oxygens (including phenoxy) is 2. The van der Waals surface area contributed by atoms with Crippen LogP contribution in [0.25, 0.3) is 0 Å². The third-order valence-electron chi connectivity index (χ3n) is 4.88. The molecule has 6 nitrogen and oxygen atoms in total. The van der Waals surface area contributed by atoms with Gasteiger partial charge in [-0.3, -0.25) is 9.59 Å². The maximum atomic E-state index is 13.2. The van der Waals surface area contributed by atoms with Crippen LogP contribution >= 0.6 is 0 Å². The van der Waals surface area contributed by atoms with Crippen molar-refractivity contribution in [2.45, 2.75) is 52.3 Å². The van der Waals surface area contributed by atoms with Gasteiger partial charge in [0.15, 0.2) is 0 Å². The molecule has 31 heavy (non-hydrogen) atoms. The van der Waals surface area contributed by atoms with Gasteiger partial charge in [0.05, 0.1) is 13.2 Å². The molecule has 2 aromatic rings. The fourth-order valence-electron chi connectivity index (χ4n) is 3.26. The Kier molecular flexibility index (Phi) is 10.0. The first-order valence-electron chi connectivity index (χ1n) is 10.8. The molecule has 0 saturated carbocycles. The molecule has 0 aliphatic heterocycles. The second-order valence-electron chi connectivity index (χ2n) is 7.60. The van der Waals surface area contributed by atoms with Crippen molar-refractivity contribution in [3.05, 3.63) is 65.7 Å². The summed E-state index contributed by atoms with van der Waals surface area (Å²) in [6, 6.07) is 16.3. The van der Waals surface area contributed by atoms with E-state index in [0.717, 1.165) is 16.9 Å². The third-order valence-corrected chi connectivity index (χ3v) is 4.88.